The van der Waals surface area contributed by atoms with Crippen LogP contribution in [0.15, 0.2) is 22.6 Å². The van der Waals surface area contributed by atoms with Gasteiger partial charge in [0.05, 0.1) is 15.6 Å². The van der Waals surface area contributed by atoms with Crippen LogP contribution in [0, 0.1) is 5.92 Å². The van der Waals surface area contributed by atoms with Gasteiger partial charge in [-0.25, -0.2) is 0 Å². The molecule has 20 heavy (non-hydrogen) atoms. The minimum absolute atomic E-state index is 0.0512. The molecule has 1 aromatic carbocycles. The highest BCUT2D eigenvalue weighted by Crippen LogP contribution is 2.32. The Bertz CT molecular complexity index is 628. The van der Waals surface area contributed by atoms with E-state index in [0.717, 1.165) is 0 Å². The van der Waals surface area contributed by atoms with Crippen molar-refractivity contribution >= 4 is 29.2 Å². The molecule has 1 aromatic heterocycles. The minimum Gasteiger partial charge on any atom is -0.481 e. The zero-order valence-electron chi connectivity index (χ0n) is 10.6. The monoisotopic (exact) mass is 314 g/mol. The fraction of sp³-hybridized carbons (Fsp3) is 0.308. The number of carboxylic acid groups (broad SMARTS) is 1. The van der Waals surface area contributed by atoms with Gasteiger partial charge >= 0.3 is 5.97 Å². The van der Waals surface area contributed by atoms with Crippen molar-refractivity contribution in [3.05, 3.63) is 34.1 Å². The second-order valence-electron chi connectivity index (χ2n) is 4.51. The Morgan fingerprint density at radius 3 is 2.85 bits per heavy atom. The third-order valence-corrected chi connectivity index (χ3v) is 3.51. The van der Waals surface area contributed by atoms with Crippen molar-refractivity contribution in [2.45, 2.75) is 19.8 Å². The molecule has 0 radical (unpaired) electrons. The average Bonchev–Trinajstić information content (AvgIpc) is 2.79. The molecule has 1 atom stereocenters. The molecule has 7 heteroatoms. The van der Waals surface area contributed by atoms with E-state index in [1.807, 2.05) is 6.92 Å². The summed E-state index contributed by atoms with van der Waals surface area (Å²) in [5.74, 6) is -0.287. The number of hydrogen-bond donors (Lipinski definition) is 1. The number of carboxylic acids is 1. The van der Waals surface area contributed by atoms with Crippen molar-refractivity contribution in [1.82, 2.24) is 10.2 Å². The van der Waals surface area contributed by atoms with Crippen LogP contribution in [0.5, 0.6) is 0 Å². The maximum Gasteiger partial charge on any atom is 0.303 e. The van der Waals surface area contributed by atoms with Gasteiger partial charge in [0.25, 0.3) is 0 Å². The van der Waals surface area contributed by atoms with Gasteiger partial charge in [-0.3, -0.25) is 4.79 Å². The largest absolute Gasteiger partial charge is 0.481 e. The Balaban J connectivity index is 2.17. The summed E-state index contributed by atoms with van der Waals surface area (Å²) in [7, 11) is 0. The summed E-state index contributed by atoms with van der Waals surface area (Å²) >= 11 is 12.0. The lowest BCUT2D eigenvalue weighted by Gasteiger charge is -2.04. The van der Waals surface area contributed by atoms with Crippen LogP contribution in [0.3, 0.4) is 0 Å². The van der Waals surface area contributed by atoms with Gasteiger partial charge in [-0.2, -0.15) is 0 Å². The molecule has 0 fully saturated rings. The van der Waals surface area contributed by atoms with Crippen LogP contribution in [0.4, 0.5) is 0 Å². The van der Waals surface area contributed by atoms with Gasteiger partial charge < -0.3 is 9.52 Å². The zero-order chi connectivity index (χ0) is 14.7. The van der Waals surface area contributed by atoms with Gasteiger partial charge in [-0.15, -0.1) is 10.2 Å². The van der Waals surface area contributed by atoms with Gasteiger partial charge in [0.2, 0.25) is 11.8 Å². The minimum atomic E-state index is -0.852. The van der Waals surface area contributed by atoms with Gasteiger partial charge in [0, 0.05) is 12.8 Å². The second-order valence-corrected chi connectivity index (χ2v) is 5.29. The van der Waals surface area contributed by atoms with Crippen LogP contribution in [0.2, 0.25) is 10.0 Å². The van der Waals surface area contributed by atoms with Crippen molar-refractivity contribution in [3.8, 4) is 11.5 Å². The standard InChI is InChI=1S/C13H12Cl2N2O3/c1-7(6-11(18)19)5-10-16-17-13(20-10)8-3-2-4-9(14)12(8)15/h2-4,7H,5-6H2,1H3,(H,18,19). The average molecular weight is 315 g/mol. The number of halogens is 2. The molecule has 5 nitrogen and oxygen atoms in total. The normalized spacial score (nSPS) is 12.3. The topological polar surface area (TPSA) is 76.2 Å². The Morgan fingerprint density at radius 1 is 1.40 bits per heavy atom. The van der Waals surface area contributed by atoms with Crippen LogP contribution in [-0.4, -0.2) is 21.3 Å². The summed E-state index contributed by atoms with van der Waals surface area (Å²) in [6, 6.07) is 5.13. The first-order valence-corrected chi connectivity index (χ1v) is 6.71. The van der Waals surface area contributed by atoms with Crippen LogP contribution in [0.25, 0.3) is 11.5 Å². The summed E-state index contributed by atoms with van der Waals surface area (Å²) in [5.41, 5.74) is 0.559. The highest BCUT2D eigenvalue weighted by atomic mass is 35.5. The molecule has 2 aromatic rings. The number of aliphatic carboxylic acids is 1. The second kappa shape index (κ2) is 6.24. The fourth-order valence-electron chi connectivity index (χ4n) is 1.78. The van der Waals surface area contributed by atoms with E-state index in [2.05, 4.69) is 10.2 Å². The molecule has 0 spiro atoms. The first kappa shape index (κ1) is 14.8. The van der Waals surface area contributed by atoms with E-state index in [1.165, 1.54) is 0 Å². The Labute approximate surface area is 125 Å². The lowest BCUT2D eigenvalue weighted by molar-refractivity contribution is -0.137. The summed E-state index contributed by atoms with van der Waals surface area (Å²) in [4.78, 5) is 10.6. The molecule has 106 valence electrons. The Kier molecular flexibility index (Phi) is 4.62. The van der Waals surface area contributed by atoms with Crippen molar-refractivity contribution in [3.63, 3.8) is 0 Å². The number of aromatic nitrogens is 2. The smallest absolute Gasteiger partial charge is 0.303 e. The molecule has 0 bridgehead atoms. The van der Waals surface area contributed by atoms with E-state index in [0.29, 0.717) is 27.9 Å². The number of nitrogens with zero attached hydrogens (tertiary/aromatic N) is 2. The van der Waals surface area contributed by atoms with E-state index in [4.69, 9.17) is 32.7 Å². The number of carbonyl (C=O) groups is 1. The van der Waals surface area contributed by atoms with E-state index in [1.54, 1.807) is 18.2 Å². The lowest BCUT2D eigenvalue weighted by Crippen LogP contribution is -2.07. The summed E-state index contributed by atoms with van der Waals surface area (Å²) in [5, 5.41) is 17.3. The van der Waals surface area contributed by atoms with Crippen LogP contribution in [-0.2, 0) is 11.2 Å². The quantitative estimate of drug-likeness (QED) is 0.910. The molecule has 0 saturated heterocycles. The third-order valence-electron chi connectivity index (χ3n) is 2.70. The molecular formula is C13H12Cl2N2O3. The molecule has 0 aliphatic rings. The van der Waals surface area contributed by atoms with Gasteiger partial charge in [0.1, 0.15) is 0 Å². The van der Waals surface area contributed by atoms with Crippen LogP contribution < -0.4 is 0 Å². The highest BCUT2D eigenvalue weighted by molar-refractivity contribution is 6.43. The van der Waals surface area contributed by atoms with Crippen molar-refractivity contribution in [2.24, 2.45) is 5.92 Å². The summed E-state index contributed by atoms with van der Waals surface area (Å²) in [6.45, 7) is 1.81. The van der Waals surface area contributed by atoms with E-state index in [9.17, 15) is 4.79 Å². The molecule has 0 amide bonds. The van der Waals surface area contributed by atoms with Crippen LogP contribution in [0.1, 0.15) is 19.2 Å². The van der Waals surface area contributed by atoms with Crippen molar-refractivity contribution in [2.75, 3.05) is 0 Å². The molecule has 1 heterocycles. The van der Waals surface area contributed by atoms with E-state index < -0.39 is 5.97 Å². The molecular weight excluding hydrogens is 303 g/mol. The first-order chi connectivity index (χ1) is 9.47. The zero-order valence-corrected chi connectivity index (χ0v) is 12.1. The molecule has 1 unspecified atom stereocenters. The molecule has 1 N–H and O–H groups in total. The van der Waals surface area contributed by atoms with Crippen molar-refractivity contribution in [1.29, 1.82) is 0 Å². The maximum absolute atomic E-state index is 10.6. The van der Waals surface area contributed by atoms with Gasteiger partial charge in [-0.1, -0.05) is 36.2 Å². The van der Waals surface area contributed by atoms with E-state index in [-0.39, 0.29) is 18.2 Å². The molecule has 0 saturated carbocycles. The van der Waals surface area contributed by atoms with Crippen molar-refractivity contribution < 1.29 is 14.3 Å². The molecule has 0 aliphatic carbocycles. The predicted octanol–water partition coefficient (Wildman–Crippen LogP) is 3.70. The van der Waals surface area contributed by atoms with Crippen LogP contribution >= 0.6 is 23.2 Å². The number of rotatable bonds is 5. The summed E-state index contributed by atoms with van der Waals surface area (Å²) < 4.78 is 5.50. The Morgan fingerprint density at radius 2 is 2.15 bits per heavy atom. The molecule has 0 aliphatic heterocycles. The Hall–Kier alpha value is -1.59. The van der Waals surface area contributed by atoms with E-state index >= 15 is 0 Å². The SMILES string of the molecule is CC(CC(=O)O)Cc1nnc(-c2cccc(Cl)c2Cl)o1. The number of benzene rings is 1. The first-order valence-electron chi connectivity index (χ1n) is 5.96. The third kappa shape index (κ3) is 3.49. The number of hydrogen-bond acceptors (Lipinski definition) is 4. The lowest BCUT2D eigenvalue weighted by atomic mass is 10.0. The highest BCUT2D eigenvalue weighted by Gasteiger charge is 2.16. The summed E-state index contributed by atoms with van der Waals surface area (Å²) in [6.07, 6.45) is 0.452. The van der Waals surface area contributed by atoms with Gasteiger partial charge in [0.15, 0.2) is 0 Å². The predicted molar refractivity (Wildman–Crippen MR) is 74.9 cm³/mol. The molecule has 2 rings (SSSR count). The fourth-order valence-corrected chi connectivity index (χ4v) is 2.16. The van der Waals surface area contributed by atoms with Gasteiger partial charge in [-0.05, 0) is 18.1 Å². The maximum atomic E-state index is 10.6.